The second-order valence-corrected chi connectivity index (χ2v) is 35.5. The summed E-state index contributed by atoms with van der Waals surface area (Å²) < 4.78 is 69.0. The van der Waals surface area contributed by atoms with Gasteiger partial charge in [-0.15, -0.1) is 0 Å². The maximum Gasteiger partial charge on any atom is 0.472 e. The highest BCUT2D eigenvalue weighted by molar-refractivity contribution is 7.47. The number of carbonyl (C=O) groups excluding carboxylic acids is 4. The molecule has 0 heterocycles. The number of aliphatic hydroxyl groups excluding tert-OH is 1. The minimum absolute atomic E-state index is 0.107. The van der Waals surface area contributed by atoms with Crippen LogP contribution in [0.5, 0.6) is 0 Å². The van der Waals surface area contributed by atoms with Crippen molar-refractivity contribution in [1.82, 2.24) is 0 Å². The zero-order valence-corrected chi connectivity index (χ0v) is 72.2. The highest BCUT2D eigenvalue weighted by Gasteiger charge is 2.30. The summed E-state index contributed by atoms with van der Waals surface area (Å²) >= 11 is 0. The van der Waals surface area contributed by atoms with E-state index >= 15 is 0 Å². The normalized spacial score (nSPS) is 13.8. The van der Waals surface area contributed by atoms with Gasteiger partial charge in [0.1, 0.15) is 19.3 Å². The molecule has 636 valence electrons. The highest BCUT2D eigenvalue weighted by atomic mass is 31.2. The third-order valence-electron chi connectivity index (χ3n) is 20.7. The van der Waals surface area contributed by atoms with Gasteiger partial charge in [0.05, 0.1) is 26.4 Å². The molecule has 0 fully saturated rings. The molecule has 19 heteroatoms. The number of hydrogen-bond acceptors (Lipinski definition) is 15. The standard InChI is InChI=1S/C88H172O17P2/c1-7-9-11-13-15-17-19-21-22-23-24-25-26-27-32-36-42-48-54-60-66-72-87(92)104-83(76-99-86(91)71-65-59-53-47-41-35-31-29-28-30-34-38-44-50-56-62-68-80(3)4)78-102-106(94,95)100-74-82(89)75-101-107(96,97)103-79-84(77-98-85(90)70-64-58-52-46-40-33-20-18-16-14-12-10-8-2)105-88(93)73-67-61-55-49-43-37-39-45-51-57-63-69-81(5)6/h80-84,89H,7-79H2,1-6H3,(H,94,95)(H,96,97)/t82-,83-,84-/m1/s1. The number of unbranched alkanes of at least 4 members (excludes halogenated alkanes) is 57. The first kappa shape index (κ1) is 105. The van der Waals surface area contributed by atoms with Crippen molar-refractivity contribution in [2.75, 3.05) is 39.6 Å². The molecule has 0 aromatic carbocycles. The van der Waals surface area contributed by atoms with E-state index in [1.165, 1.54) is 289 Å². The number of hydrogen-bond donors (Lipinski definition) is 3. The zero-order valence-electron chi connectivity index (χ0n) is 70.5. The fourth-order valence-electron chi connectivity index (χ4n) is 13.8. The van der Waals surface area contributed by atoms with E-state index in [2.05, 4.69) is 41.5 Å². The Bertz CT molecular complexity index is 2050. The van der Waals surface area contributed by atoms with Crippen molar-refractivity contribution in [3.8, 4) is 0 Å². The van der Waals surface area contributed by atoms with Crippen molar-refractivity contribution < 1.29 is 80.2 Å². The molecule has 0 saturated heterocycles. The van der Waals surface area contributed by atoms with E-state index in [9.17, 15) is 43.2 Å². The summed E-state index contributed by atoms with van der Waals surface area (Å²) in [5.41, 5.74) is 0. The maximum atomic E-state index is 13.2. The fourth-order valence-corrected chi connectivity index (χ4v) is 15.4. The van der Waals surface area contributed by atoms with Crippen molar-refractivity contribution in [2.45, 2.75) is 490 Å². The topological polar surface area (TPSA) is 237 Å². The fraction of sp³-hybridized carbons (Fsp3) is 0.955. The first-order chi connectivity index (χ1) is 51.9. The summed E-state index contributed by atoms with van der Waals surface area (Å²) in [6, 6.07) is 0. The predicted octanol–water partition coefficient (Wildman–Crippen LogP) is 27.0. The van der Waals surface area contributed by atoms with E-state index in [0.29, 0.717) is 25.7 Å². The first-order valence-corrected chi connectivity index (χ1v) is 48.5. The Hall–Kier alpha value is -1.94. The van der Waals surface area contributed by atoms with Crippen LogP contribution in [-0.4, -0.2) is 96.7 Å². The number of phosphoric ester groups is 2. The molecule has 0 aromatic heterocycles. The van der Waals surface area contributed by atoms with Gasteiger partial charge in [0, 0.05) is 25.7 Å². The summed E-state index contributed by atoms with van der Waals surface area (Å²) in [4.78, 5) is 73.3. The van der Waals surface area contributed by atoms with Gasteiger partial charge < -0.3 is 33.8 Å². The van der Waals surface area contributed by atoms with Crippen molar-refractivity contribution in [1.29, 1.82) is 0 Å². The van der Waals surface area contributed by atoms with E-state index in [1.807, 2.05) is 0 Å². The molecular weight excluding hydrogens is 1390 g/mol. The largest absolute Gasteiger partial charge is 0.472 e. The Kier molecular flexibility index (Phi) is 77.9. The van der Waals surface area contributed by atoms with E-state index in [0.717, 1.165) is 102 Å². The second-order valence-electron chi connectivity index (χ2n) is 32.6. The Balaban J connectivity index is 5.25. The molecule has 3 N–H and O–H groups in total. The Morgan fingerprint density at radius 2 is 0.430 bits per heavy atom. The average molecular weight is 1560 g/mol. The number of carbonyl (C=O) groups is 4. The van der Waals surface area contributed by atoms with Crippen molar-refractivity contribution in [3.63, 3.8) is 0 Å². The van der Waals surface area contributed by atoms with Crippen molar-refractivity contribution in [3.05, 3.63) is 0 Å². The van der Waals surface area contributed by atoms with Crippen LogP contribution in [-0.2, 0) is 65.4 Å². The molecule has 0 aromatic rings. The lowest BCUT2D eigenvalue weighted by atomic mass is 10.0. The molecule has 2 unspecified atom stereocenters. The van der Waals surface area contributed by atoms with Crippen LogP contribution in [0.4, 0.5) is 0 Å². The smallest absolute Gasteiger partial charge is 0.462 e. The number of phosphoric acid groups is 2. The van der Waals surface area contributed by atoms with Crippen LogP contribution in [0.1, 0.15) is 472 Å². The molecule has 0 spiro atoms. The number of ether oxygens (including phenoxy) is 4. The van der Waals surface area contributed by atoms with Crippen LogP contribution < -0.4 is 0 Å². The lowest BCUT2D eigenvalue weighted by Crippen LogP contribution is -2.30. The van der Waals surface area contributed by atoms with Crippen molar-refractivity contribution >= 4 is 39.5 Å². The minimum Gasteiger partial charge on any atom is -0.462 e. The summed E-state index contributed by atoms with van der Waals surface area (Å²) in [7, 11) is -9.93. The molecule has 0 aliphatic heterocycles. The third kappa shape index (κ3) is 81.9. The lowest BCUT2D eigenvalue weighted by molar-refractivity contribution is -0.161. The molecule has 0 rings (SSSR count). The second kappa shape index (κ2) is 79.3. The van der Waals surface area contributed by atoms with Gasteiger partial charge in [0.15, 0.2) is 12.2 Å². The van der Waals surface area contributed by atoms with Crippen molar-refractivity contribution in [2.24, 2.45) is 11.8 Å². The zero-order chi connectivity index (χ0) is 78.5. The Morgan fingerprint density at radius 3 is 0.636 bits per heavy atom. The summed E-state index contributed by atoms with van der Waals surface area (Å²) in [6.45, 7) is 9.72. The van der Waals surface area contributed by atoms with E-state index in [4.69, 9.17) is 37.0 Å². The minimum atomic E-state index is -4.97. The summed E-state index contributed by atoms with van der Waals surface area (Å²) in [5, 5.41) is 10.7. The van der Waals surface area contributed by atoms with Gasteiger partial charge in [-0.2, -0.15) is 0 Å². The molecule has 0 aliphatic carbocycles. The predicted molar refractivity (Wildman–Crippen MR) is 442 cm³/mol. The molecule has 0 bridgehead atoms. The molecule has 17 nitrogen and oxygen atoms in total. The molecule has 5 atom stereocenters. The van der Waals surface area contributed by atoms with Crippen LogP contribution in [0.2, 0.25) is 0 Å². The van der Waals surface area contributed by atoms with Gasteiger partial charge in [-0.05, 0) is 37.5 Å². The first-order valence-electron chi connectivity index (χ1n) is 45.5. The highest BCUT2D eigenvalue weighted by Crippen LogP contribution is 2.45. The molecule has 0 saturated carbocycles. The summed E-state index contributed by atoms with van der Waals surface area (Å²) in [5.74, 6) is -0.521. The van der Waals surface area contributed by atoms with Gasteiger partial charge in [-0.1, -0.05) is 420 Å². The van der Waals surface area contributed by atoms with E-state index in [-0.39, 0.29) is 25.7 Å². The lowest BCUT2D eigenvalue weighted by Gasteiger charge is -2.21. The van der Waals surface area contributed by atoms with Gasteiger partial charge in [0.2, 0.25) is 0 Å². The number of esters is 4. The Labute approximate surface area is 658 Å². The SMILES string of the molecule is CCCCCCCCCCCCCCCCCCCCCCCC(=O)O[C@H](COC(=O)CCCCCCCCCCCCCCCCCCC(C)C)COP(=O)(O)OC[C@@H](O)COP(=O)(O)OC[C@@H](COC(=O)CCCCCCCCCCCCCCC)OC(=O)CCCCCCCCCCCCCC(C)C. The average Bonchev–Trinajstić information content (AvgIpc) is 0.922. The monoisotopic (exact) mass is 1560 g/mol. The molecular formula is C88H172O17P2. The number of aliphatic hydroxyl groups is 1. The van der Waals surface area contributed by atoms with Gasteiger partial charge in [0.25, 0.3) is 0 Å². The molecule has 0 amide bonds. The summed E-state index contributed by atoms with van der Waals surface area (Å²) in [6.07, 6.45) is 72.2. The van der Waals surface area contributed by atoms with Crippen LogP contribution in [0.3, 0.4) is 0 Å². The van der Waals surface area contributed by atoms with Crippen LogP contribution in [0, 0.1) is 11.8 Å². The van der Waals surface area contributed by atoms with Crippen LogP contribution >= 0.6 is 15.6 Å². The molecule has 0 radical (unpaired) electrons. The number of rotatable bonds is 87. The van der Waals surface area contributed by atoms with E-state index < -0.39 is 97.5 Å². The quantitative estimate of drug-likeness (QED) is 0.0222. The van der Waals surface area contributed by atoms with Gasteiger partial charge in [-0.3, -0.25) is 37.3 Å². The maximum absolute atomic E-state index is 13.2. The molecule has 107 heavy (non-hydrogen) atoms. The van der Waals surface area contributed by atoms with Gasteiger partial charge >= 0.3 is 39.5 Å². The third-order valence-corrected chi connectivity index (χ3v) is 22.6. The van der Waals surface area contributed by atoms with Crippen LogP contribution in [0.15, 0.2) is 0 Å². The molecule has 0 aliphatic rings. The van der Waals surface area contributed by atoms with Crippen LogP contribution in [0.25, 0.3) is 0 Å². The van der Waals surface area contributed by atoms with E-state index in [1.54, 1.807) is 0 Å². The Morgan fingerprint density at radius 1 is 0.252 bits per heavy atom. The van der Waals surface area contributed by atoms with Gasteiger partial charge in [-0.25, -0.2) is 9.13 Å².